The van der Waals surface area contributed by atoms with Crippen molar-refractivity contribution in [1.82, 2.24) is 10.1 Å². The zero-order chi connectivity index (χ0) is 19.2. The average Bonchev–Trinajstić information content (AvgIpc) is 3.32. The summed E-state index contributed by atoms with van der Waals surface area (Å²) in [7, 11) is 0. The number of rotatable bonds is 7. The number of anilines is 1. The third-order valence-corrected chi connectivity index (χ3v) is 4.28. The molecule has 3 rings (SSSR count). The highest BCUT2D eigenvalue weighted by Gasteiger charge is 2.14. The monoisotopic (exact) mass is 409 g/mol. The van der Waals surface area contributed by atoms with Crippen molar-refractivity contribution < 1.29 is 23.2 Å². The summed E-state index contributed by atoms with van der Waals surface area (Å²) < 4.78 is 23.5. The molecule has 140 valence electrons. The SMILES string of the molecule is O=C(COC(=O)CCc1nc(-c2ccsc2)no1)Nc1ccc(Cl)cc1F. The summed E-state index contributed by atoms with van der Waals surface area (Å²) >= 11 is 7.14. The minimum absolute atomic E-state index is 0.0339. The zero-order valence-corrected chi connectivity index (χ0v) is 15.3. The van der Waals surface area contributed by atoms with Gasteiger partial charge >= 0.3 is 5.97 Å². The van der Waals surface area contributed by atoms with Crippen LogP contribution in [0, 0.1) is 5.82 Å². The molecule has 0 aliphatic heterocycles. The number of thiophene rings is 1. The Labute approximate surface area is 162 Å². The second-order valence-corrected chi connectivity index (χ2v) is 6.57. The first-order valence-electron chi connectivity index (χ1n) is 7.77. The minimum Gasteiger partial charge on any atom is -0.456 e. The quantitative estimate of drug-likeness (QED) is 0.598. The number of benzene rings is 1. The van der Waals surface area contributed by atoms with Gasteiger partial charge in [0.2, 0.25) is 11.7 Å². The summed E-state index contributed by atoms with van der Waals surface area (Å²) in [6.45, 7) is -0.537. The number of aryl methyl sites for hydroxylation is 1. The van der Waals surface area contributed by atoms with Crippen molar-refractivity contribution in [1.29, 1.82) is 0 Å². The van der Waals surface area contributed by atoms with Crippen molar-refractivity contribution in [3.05, 3.63) is 51.8 Å². The van der Waals surface area contributed by atoms with Crippen molar-refractivity contribution in [2.75, 3.05) is 11.9 Å². The highest BCUT2D eigenvalue weighted by molar-refractivity contribution is 7.08. The Balaban J connectivity index is 1.42. The molecule has 2 heterocycles. The zero-order valence-electron chi connectivity index (χ0n) is 13.8. The lowest BCUT2D eigenvalue weighted by molar-refractivity contribution is -0.147. The first-order chi connectivity index (χ1) is 13.0. The molecule has 0 saturated carbocycles. The van der Waals surface area contributed by atoms with Gasteiger partial charge in [-0.2, -0.15) is 16.3 Å². The number of aromatic nitrogens is 2. The maximum absolute atomic E-state index is 13.6. The van der Waals surface area contributed by atoms with E-state index in [2.05, 4.69) is 15.5 Å². The second kappa shape index (κ2) is 8.74. The molecule has 0 aliphatic rings. The normalized spacial score (nSPS) is 10.6. The van der Waals surface area contributed by atoms with Crippen LogP contribution in [0.4, 0.5) is 10.1 Å². The van der Waals surface area contributed by atoms with Crippen molar-refractivity contribution in [2.24, 2.45) is 0 Å². The molecule has 0 atom stereocenters. The van der Waals surface area contributed by atoms with Crippen LogP contribution < -0.4 is 5.32 Å². The lowest BCUT2D eigenvalue weighted by atomic mass is 10.3. The smallest absolute Gasteiger partial charge is 0.306 e. The minimum atomic E-state index is -0.681. The lowest BCUT2D eigenvalue weighted by Gasteiger charge is -2.07. The van der Waals surface area contributed by atoms with Gasteiger partial charge in [0.15, 0.2) is 6.61 Å². The third kappa shape index (κ3) is 5.35. The Morgan fingerprint density at radius 2 is 2.19 bits per heavy atom. The molecule has 1 aromatic carbocycles. The van der Waals surface area contributed by atoms with E-state index in [1.807, 2.05) is 16.8 Å². The number of hydrogen-bond donors (Lipinski definition) is 1. The van der Waals surface area contributed by atoms with E-state index >= 15 is 0 Å². The van der Waals surface area contributed by atoms with Gasteiger partial charge in [0.05, 0.1) is 12.1 Å². The second-order valence-electron chi connectivity index (χ2n) is 5.36. The van der Waals surface area contributed by atoms with Gasteiger partial charge in [-0.25, -0.2) is 4.39 Å². The van der Waals surface area contributed by atoms with Crippen LogP contribution in [0.2, 0.25) is 5.02 Å². The van der Waals surface area contributed by atoms with Crippen molar-refractivity contribution >= 4 is 40.5 Å². The van der Waals surface area contributed by atoms with Crippen LogP contribution in [0.25, 0.3) is 11.4 Å². The predicted octanol–water partition coefficient (Wildman–Crippen LogP) is 3.71. The molecular weight excluding hydrogens is 397 g/mol. The number of halogens is 2. The molecule has 1 N–H and O–H groups in total. The van der Waals surface area contributed by atoms with Crippen LogP contribution in [0.15, 0.2) is 39.5 Å². The lowest BCUT2D eigenvalue weighted by Crippen LogP contribution is -2.21. The standard InChI is InChI=1S/C17H13ClFN3O4S/c18-11-1-2-13(12(19)7-11)20-14(23)8-25-16(24)4-3-15-21-17(22-26-15)10-5-6-27-9-10/h1-2,5-7,9H,3-4,8H2,(H,20,23). The molecule has 27 heavy (non-hydrogen) atoms. The Kier molecular flexibility index (Phi) is 6.15. The summed E-state index contributed by atoms with van der Waals surface area (Å²) in [5.41, 5.74) is 0.788. The number of nitrogens with zero attached hydrogens (tertiary/aromatic N) is 2. The van der Waals surface area contributed by atoms with E-state index in [-0.39, 0.29) is 23.6 Å². The number of esters is 1. The first-order valence-corrected chi connectivity index (χ1v) is 9.09. The van der Waals surface area contributed by atoms with Crippen LogP contribution in [0.5, 0.6) is 0 Å². The van der Waals surface area contributed by atoms with Crippen LogP contribution in [-0.4, -0.2) is 28.6 Å². The average molecular weight is 410 g/mol. The number of amides is 1. The third-order valence-electron chi connectivity index (χ3n) is 3.36. The first kappa shape index (κ1) is 19.0. The number of carbonyl (C=O) groups is 2. The van der Waals surface area contributed by atoms with Crippen molar-refractivity contribution in [2.45, 2.75) is 12.8 Å². The highest BCUT2D eigenvalue weighted by Crippen LogP contribution is 2.20. The number of nitrogens with one attached hydrogen (secondary N) is 1. The van der Waals surface area contributed by atoms with Gasteiger partial charge in [0, 0.05) is 22.4 Å². The molecule has 7 nitrogen and oxygen atoms in total. The maximum Gasteiger partial charge on any atom is 0.306 e. The molecule has 0 fully saturated rings. The van der Waals surface area contributed by atoms with Crippen LogP contribution in [0.3, 0.4) is 0 Å². The fraction of sp³-hybridized carbons (Fsp3) is 0.176. The Morgan fingerprint density at radius 1 is 1.33 bits per heavy atom. The van der Waals surface area contributed by atoms with E-state index in [9.17, 15) is 14.0 Å². The van der Waals surface area contributed by atoms with Crippen LogP contribution >= 0.6 is 22.9 Å². The molecule has 0 aliphatic carbocycles. The predicted molar refractivity (Wildman–Crippen MR) is 96.9 cm³/mol. The van der Waals surface area contributed by atoms with Gasteiger partial charge in [-0.3, -0.25) is 9.59 Å². The fourth-order valence-electron chi connectivity index (χ4n) is 2.07. The summed E-state index contributed by atoms with van der Waals surface area (Å²) in [4.78, 5) is 27.7. The molecule has 0 radical (unpaired) electrons. The fourth-order valence-corrected chi connectivity index (χ4v) is 2.86. The van der Waals surface area contributed by atoms with E-state index in [0.29, 0.717) is 11.7 Å². The van der Waals surface area contributed by atoms with E-state index in [1.54, 1.807) is 0 Å². The molecule has 1 amide bonds. The molecular formula is C17H13ClFN3O4S. The van der Waals surface area contributed by atoms with Gasteiger partial charge in [0.1, 0.15) is 5.82 Å². The highest BCUT2D eigenvalue weighted by atomic mass is 35.5. The molecule has 0 spiro atoms. The molecule has 0 saturated heterocycles. The summed E-state index contributed by atoms with van der Waals surface area (Å²) in [6, 6.07) is 5.67. The summed E-state index contributed by atoms with van der Waals surface area (Å²) in [6.07, 6.45) is 0.150. The van der Waals surface area contributed by atoms with Crippen LogP contribution in [-0.2, 0) is 20.7 Å². The Morgan fingerprint density at radius 3 is 2.93 bits per heavy atom. The largest absolute Gasteiger partial charge is 0.456 e. The summed E-state index contributed by atoms with van der Waals surface area (Å²) in [5, 5.41) is 10.1. The summed E-state index contributed by atoms with van der Waals surface area (Å²) in [5.74, 6) is -1.22. The van der Waals surface area contributed by atoms with Gasteiger partial charge < -0.3 is 14.6 Å². The van der Waals surface area contributed by atoms with Crippen molar-refractivity contribution in [3.8, 4) is 11.4 Å². The van der Waals surface area contributed by atoms with Gasteiger partial charge in [-0.05, 0) is 29.6 Å². The number of ether oxygens (including phenoxy) is 1. The molecule has 2 aromatic heterocycles. The maximum atomic E-state index is 13.6. The number of carbonyl (C=O) groups excluding carboxylic acids is 2. The van der Waals surface area contributed by atoms with E-state index in [0.717, 1.165) is 11.6 Å². The van der Waals surface area contributed by atoms with Gasteiger partial charge in [0.25, 0.3) is 5.91 Å². The van der Waals surface area contributed by atoms with Crippen LogP contribution in [0.1, 0.15) is 12.3 Å². The topological polar surface area (TPSA) is 94.3 Å². The molecule has 10 heteroatoms. The number of hydrogen-bond acceptors (Lipinski definition) is 7. The Hall–Kier alpha value is -2.78. The van der Waals surface area contributed by atoms with E-state index in [4.69, 9.17) is 20.9 Å². The molecule has 3 aromatic rings. The van der Waals surface area contributed by atoms with Crippen molar-refractivity contribution in [3.63, 3.8) is 0 Å². The molecule has 0 bridgehead atoms. The van der Waals surface area contributed by atoms with Gasteiger partial charge in [-0.15, -0.1) is 0 Å². The molecule has 0 unspecified atom stereocenters. The Bertz CT molecular complexity index is 946. The van der Waals surface area contributed by atoms with E-state index in [1.165, 1.54) is 23.5 Å². The van der Waals surface area contributed by atoms with E-state index < -0.39 is 24.3 Å². The van der Waals surface area contributed by atoms with Gasteiger partial charge in [-0.1, -0.05) is 16.8 Å².